The van der Waals surface area contributed by atoms with Gasteiger partial charge in [-0.25, -0.2) is 0 Å². The maximum absolute atomic E-state index is 12.2. The molecule has 5 heteroatoms. The molecule has 0 bridgehead atoms. The van der Waals surface area contributed by atoms with Crippen LogP contribution in [0.15, 0.2) is 12.2 Å². The minimum atomic E-state index is -0.133. The molecule has 0 unspecified atom stereocenters. The lowest BCUT2D eigenvalue weighted by atomic mass is 9.32. The molecular formula is C40H65NO4. The minimum Gasteiger partial charge on any atom is -0.465 e. The molecule has 6 rings (SSSR count). The van der Waals surface area contributed by atoms with Crippen molar-refractivity contribution in [2.24, 2.45) is 56.7 Å². The number of esters is 2. The average molecular weight is 624 g/mol. The lowest BCUT2D eigenvalue weighted by Gasteiger charge is -2.73. The Labute approximate surface area is 274 Å². The quantitative estimate of drug-likeness (QED) is 0.226. The first-order valence-corrected chi connectivity index (χ1v) is 18.9. The summed E-state index contributed by atoms with van der Waals surface area (Å²) in [5.41, 5.74) is 2.27. The Morgan fingerprint density at radius 2 is 1.49 bits per heavy atom. The van der Waals surface area contributed by atoms with Crippen molar-refractivity contribution in [1.29, 1.82) is 0 Å². The number of hydrogen-bond acceptors (Lipinski definition) is 5. The molecule has 45 heavy (non-hydrogen) atoms. The zero-order valence-electron chi connectivity index (χ0n) is 29.9. The van der Waals surface area contributed by atoms with E-state index in [4.69, 9.17) is 16.1 Å². The molecule has 0 aliphatic heterocycles. The summed E-state index contributed by atoms with van der Waals surface area (Å²) in [6.07, 6.45) is 18.7. The van der Waals surface area contributed by atoms with Crippen LogP contribution in [-0.2, 0) is 19.1 Å². The molecule has 5 nitrogen and oxygen atoms in total. The van der Waals surface area contributed by atoms with Crippen LogP contribution in [0.5, 0.6) is 0 Å². The van der Waals surface area contributed by atoms with E-state index >= 15 is 0 Å². The summed E-state index contributed by atoms with van der Waals surface area (Å²) in [6, 6.07) is 0.643. The van der Waals surface area contributed by atoms with Gasteiger partial charge in [0, 0.05) is 37.3 Å². The number of carbonyl (C=O) groups is 2. The van der Waals surface area contributed by atoms with E-state index in [-0.39, 0.29) is 45.1 Å². The lowest BCUT2D eigenvalue weighted by Crippen LogP contribution is -2.67. The van der Waals surface area contributed by atoms with E-state index in [2.05, 4.69) is 39.9 Å². The standard InChI is InChI=1S/C40H65NO4/c1-26(24-41-29-12-10-9-11-13-29)30-16-21-40(25-44-27(2)42)23-22-38(7)31(35(30)40)14-15-33-37(6)19-18-34(45-28(3)43)36(4,5)32(37)17-20-39(33,38)8/h29-35,41H,1,9-25H2,2-8H3/t30-,31+,32-,33+,34-,35+,37-,38+,39+,40+/m0/s1. The van der Waals surface area contributed by atoms with Crippen LogP contribution in [0.25, 0.3) is 0 Å². The van der Waals surface area contributed by atoms with E-state index in [0.717, 1.165) is 25.8 Å². The van der Waals surface area contributed by atoms with Crippen LogP contribution in [0.4, 0.5) is 0 Å². The number of ether oxygens (including phenoxy) is 2. The number of hydrogen-bond donors (Lipinski definition) is 1. The van der Waals surface area contributed by atoms with Gasteiger partial charge in [0.25, 0.3) is 0 Å². The summed E-state index contributed by atoms with van der Waals surface area (Å²) < 4.78 is 11.9. The van der Waals surface area contributed by atoms with Gasteiger partial charge in [-0.2, -0.15) is 0 Å². The second-order valence-corrected chi connectivity index (χ2v) is 18.3. The SMILES string of the molecule is C=C(CNC1CCCCC1)[C@@H]1CC[C@]2(COC(C)=O)CC[C@]3(C)[C@H](CC[C@@H]4[C@@]5(C)CC[C@H](OC(C)=O)C(C)(C)[C@@H]5CC[C@]43C)[C@@H]12. The Morgan fingerprint density at radius 1 is 0.756 bits per heavy atom. The third-order valence-electron chi connectivity index (χ3n) is 16.2. The average Bonchev–Trinajstić information content (AvgIpc) is 3.37. The van der Waals surface area contributed by atoms with Crippen molar-refractivity contribution in [3.05, 3.63) is 12.2 Å². The Hall–Kier alpha value is -1.36. The molecule has 0 aromatic carbocycles. The van der Waals surface area contributed by atoms with Gasteiger partial charge in [-0.1, -0.05) is 66.0 Å². The number of carbonyl (C=O) groups excluding carboxylic acids is 2. The Balaban J connectivity index is 1.29. The Morgan fingerprint density at radius 3 is 2.18 bits per heavy atom. The summed E-state index contributed by atoms with van der Waals surface area (Å²) in [5, 5.41) is 3.93. The number of rotatable bonds is 7. The third-order valence-corrected chi connectivity index (χ3v) is 16.2. The Kier molecular flexibility index (Phi) is 8.91. The van der Waals surface area contributed by atoms with E-state index in [9.17, 15) is 9.59 Å². The zero-order chi connectivity index (χ0) is 32.4. The largest absolute Gasteiger partial charge is 0.465 e. The summed E-state index contributed by atoms with van der Waals surface area (Å²) in [6.45, 7) is 22.3. The van der Waals surface area contributed by atoms with Crippen molar-refractivity contribution in [1.82, 2.24) is 5.32 Å². The maximum atomic E-state index is 12.2. The van der Waals surface area contributed by atoms with Gasteiger partial charge in [0.15, 0.2) is 0 Å². The molecule has 6 aliphatic carbocycles. The normalized spacial score (nSPS) is 45.8. The second-order valence-electron chi connectivity index (χ2n) is 18.3. The van der Waals surface area contributed by atoms with Gasteiger partial charge in [-0.05, 0) is 123 Å². The predicted octanol–water partition coefficient (Wildman–Crippen LogP) is 9.04. The molecule has 0 radical (unpaired) electrons. The van der Waals surface area contributed by atoms with E-state index in [1.165, 1.54) is 82.6 Å². The molecule has 6 aliphatic rings. The molecule has 1 N–H and O–H groups in total. The third kappa shape index (κ3) is 5.36. The van der Waals surface area contributed by atoms with Gasteiger partial charge < -0.3 is 14.8 Å². The lowest BCUT2D eigenvalue weighted by molar-refractivity contribution is -0.252. The van der Waals surface area contributed by atoms with Gasteiger partial charge in [-0.15, -0.1) is 0 Å². The molecule has 0 aromatic rings. The van der Waals surface area contributed by atoms with Crippen LogP contribution >= 0.6 is 0 Å². The molecule has 0 saturated heterocycles. The molecule has 0 aromatic heterocycles. The van der Waals surface area contributed by atoms with Gasteiger partial charge in [-0.3, -0.25) is 9.59 Å². The monoisotopic (exact) mass is 623 g/mol. The van der Waals surface area contributed by atoms with Crippen molar-refractivity contribution in [3.63, 3.8) is 0 Å². The molecule has 254 valence electrons. The first-order chi connectivity index (χ1) is 21.2. The van der Waals surface area contributed by atoms with Crippen molar-refractivity contribution >= 4 is 11.9 Å². The molecule has 6 saturated carbocycles. The summed E-state index contributed by atoms with van der Waals surface area (Å²) in [5.74, 6) is 2.66. The van der Waals surface area contributed by atoms with Crippen molar-refractivity contribution in [2.75, 3.05) is 13.2 Å². The van der Waals surface area contributed by atoms with Gasteiger partial charge in [0.1, 0.15) is 6.10 Å². The number of nitrogens with one attached hydrogen (secondary N) is 1. The highest BCUT2D eigenvalue weighted by Gasteiger charge is 2.71. The van der Waals surface area contributed by atoms with Crippen LogP contribution in [0.1, 0.15) is 145 Å². The molecule has 10 atom stereocenters. The maximum Gasteiger partial charge on any atom is 0.302 e. The molecule has 6 fully saturated rings. The van der Waals surface area contributed by atoms with E-state index < -0.39 is 0 Å². The highest BCUT2D eigenvalue weighted by molar-refractivity contribution is 5.66. The Bertz CT molecular complexity index is 1160. The van der Waals surface area contributed by atoms with E-state index in [1.54, 1.807) is 13.8 Å². The van der Waals surface area contributed by atoms with Crippen LogP contribution in [0.3, 0.4) is 0 Å². The fraction of sp³-hybridized carbons (Fsp3) is 0.900. The number of fused-ring (bicyclic) bond motifs is 7. The molecule has 0 spiro atoms. The molecular weight excluding hydrogens is 558 g/mol. The second kappa shape index (κ2) is 12.0. The van der Waals surface area contributed by atoms with E-state index in [1.807, 2.05) is 0 Å². The highest BCUT2D eigenvalue weighted by Crippen LogP contribution is 2.77. The van der Waals surface area contributed by atoms with Crippen LogP contribution in [-0.4, -0.2) is 37.2 Å². The zero-order valence-corrected chi connectivity index (χ0v) is 29.9. The van der Waals surface area contributed by atoms with E-state index in [0.29, 0.717) is 42.2 Å². The summed E-state index contributed by atoms with van der Waals surface area (Å²) in [7, 11) is 0. The molecule has 0 amide bonds. The smallest absolute Gasteiger partial charge is 0.302 e. The van der Waals surface area contributed by atoms with Crippen LogP contribution < -0.4 is 5.32 Å². The van der Waals surface area contributed by atoms with Gasteiger partial charge in [0.2, 0.25) is 0 Å². The fourth-order valence-corrected chi connectivity index (χ4v) is 13.8. The summed E-state index contributed by atoms with van der Waals surface area (Å²) in [4.78, 5) is 24.2. The first-order valence-electron chi connectivity index (χ1n) is 18.9. The van der Waals surface area contributed by atoms with Crippen LogP contribution in [0.2, 0.25) is 0 Å². The predicted molar refractivity (Wildman–Crippen MR) is 180 cm³/mol. The molecule has 0 heterocycles. The fourth-order valence-electron chi connectivity index (χ4n) is 13.8. The van der Waals surface area contributed by atoms with Crippen molar-refractivity contribution in [2.45, 2.75) is 157 Å². The topological polar surface area (TPSA) is 64.6 Å². The van der Waals surface area contributed by atoms with Crippen molar-refractivity contribution < 1.29 is 19.1 Å². The summed E-state index contributed by atoms with van der Waals surface area (Å²) >= 11 is 0. The highest BCUT2D eigenvalue weighted by atomic mass is 16.5. The van der Waals surface area contributed by atoms with Crippen LogP contribution in [0, 0.1) is 56.7 Å². The van der Waals surface area contributed by atoms with Crippen molar-refractivity contribution in [3.8, 4) is 0 Å². The minimum absolute atomic E-state index is 0.0108. The first kappa shape index (κ1) is 33.5. The van der Waals surface area contributed by atoms with Gasteiger partial charge in [0.05, 0.1) is 6.61 Å². The van der Waals surface area contributed by atoms with Gasteiger partial charge >= 0.3 is 11.9 Å².